The molecule has 0 saturated carbocycles. The number of aryl methyl sites for hydroxylation is 2. The number of hydrogen-bond donors (Lipinski definition) is 1. The molecule has 5 heteroatoms. The summed E-state index contributed by atoms with van der Waals surface area (Å²) in [4.78, 5) is 0. The van der Waals surface area contributed by atoms with Gasteiger partial charge in [0.15, 0.2) is 0 Å². The Morgan fingerprint density at radius 1 is 1.21 bits per heavy atom. The fourth-order valence-electron chi connectivity index (χ4n) is 2.41. The highest BCUT2D eigenvalue weighted by molar-refractivity contribution is 7.91. The molecule has 0 bridgehead atoms. The summed E-state index contributed by atoms with van der Waals surface area (Å²) in [7, 11) is -0.969. The van der Waals surface area contributed by atoms with Crippen LogP contribution in [-0.2, 0) is 9.84 Å². The second-order valence-electron chi connectivity index (χ2n) is 4.97. The molecule has 0 radical (unpaired) electrons. The van der Waals surface area contributed by atoms with E-state index in [9.17, 15) is 8.42 Å². The second-order valence-corrected chi connectivity index (χ2v) is 7.45. The fourth-order valence-corrected chi connectivity index (χ4v) is 3.30. The molecule has 1 aromatic heterocycles. The molecule has 0 amide bonds. The van der Waals surface area contributed by atoms with Crippen LogP contribution in [0.1, 0.15) is 48.5 Å². The Bertz CT molecular complexity index is 517. The molecule has 0 fully saturated rings. The molecule has 110 valence electrons. The third kappa shape index (κ3) is 4.08. The molecule has 0 spiro atoms. The van der Waals surface area contributed by atoms with Crippen molar-refractivity contribution >= 4 is 9.84 Å². The Balaban J connectivity index is 2.74. The minimum Gasteiger partial charge on any atom is -0.466 e. The van der Waals surface area contributed by atoms with E-state index in [1.165, 1.54) is 5.56 Å². The first-order valence-electron chi connectivity index (χ1n) is 6.76. The van der Waals surface area contributed by atoms with Gasteiger partial charge in [-0.25, -0.2) is 8.42 Å². The van der Waals surface area contributed by atoms with Crippen molar-refractivity contribution in [2.75, 3.05) is 18.6 Å². The summed E-state index contributed by atoms with van der Waals surface area (Å²) in [6, 6.07) is 0.157. The number of nitrogens with one attached hydrogen (secondary N) is 1. The van der Waals surface area contributed by atoms with E-state index >= 15 is 0 Å². The molecular formula is C14H25NO3S. The maximum absolute atomic E-state index is 11.5. The summed E-state index contributed by atoms with van der Waals surface area (Å²) in [6.45, 7) is 7.66. The summed E-state index contributed by atoms with van der Waals surface area (Å²) in [6.07, 6.45) is 1.47. The molecule has 1 unspecified atom stereocenters. The number of furan rings is 1. The van der Waals surface area contributed by atoms with Gasteiger partial charge in [0.25, 0.3) is 0 Å². The molecule has 1 heterocycles. The molecule has 19 heavy (non-hydrogen) atoms. The summed E-state index contributed by atoms with van der Waals surface area (Å²) in [5.41, 5.74) is 2.34. The van der Waals surface area contributed by atoms with Crippen molar-refractivity contribution in [1.82, 2.24) is 5.32 Å². The highest BCUT2D eigenvalue weighted by Crippen LogP contribution is 2.29. The minimum atomic E-state index is -2.87. The molecule has 1 atom stereocenters. The molecule has 0 aliphatic heterocycles. The molecule has 4 nitrogen and oxygen atoms in total. The lowest BCUT2D eigenvalue weighted by atomic mass is 9.98. The van der Waals surface area contributed by atoms with Crippen molar-refractivity contribution < 1.29 is 12.8 Å². The first-order valence-corrected chi connectivity index (χ1v) is 8.58. The van der Waals surface area contributed by atoms with E-state index in [-0.39, 0.29) is 17.5 Å². The van der Waals surface area contributed by atoms with Gasteiger partial charge in [-0.15, -0.1) is 0 Å². The van der Waals surface area contributed by atoms with Crippen LogP contribution in [0.15, 0.2) is 4.42 Å². The molecule has 0 saturated heterocycles. The Hall–Kier alpha value is -0.810. The Morgan fingerprint density at radius 2 is 1.84 bits per heavy atom. The maximum atomic E-state index is 11.5. The van der Waals surface area contributed by atoms with Crippen LogP contribution >= 0.6 is 0 Å². The lowest BCUT2D eigenvalue weighted by Crippen LogP contribution is -2.19. The lowest BCUT2D eigenvalue weighted by Gasteiger charge is -2.16. The number of rotatable bonds is 7. The third-order valence-electron chi connectivity index (χ3n) is 3.70. The van der Waals surface area contributed by atoms with Crippen molar-refractivity contribution in [2.24, 2.45) is 0 Å². The van der Waals surface area contributed by atoms with Gasteiger partial charge in [0, 0.05) is 17.4 Å². The van der Waals surface area contributed by atoms with Gasteiger partial charge < -0.3 is 9.73 Å². The molecule has 0 aliphatic rings. The van der Waals surface area contributed by atoms with Crippen LogP contribution in [0.2, 0.25) is 0 Å². The predicted molar refractivity (Wildman–Crippen MR) is 78.3 cm³/mol. The Kier molecular flexibility index (Phi) is 5.62. The molecular weight excluding hydrogens is 262 g/mol. The summed E-state index contributed by atoms with van der Waals surface area (Å²) < 4.78 is 28.6. The van der Waals surface area contributed by atoms with Crippen LogP contribution in [0.5, 0.6) is 0 Å². The summed E-state index contributed by atoms with van der Waals surface area (Å²) in [5, 5.41) is 3.26. The van der Waals surface area contributed by atoms with E-state index < -0.39 is 9.84 Å². The first kappa shape index (κ1) is 16.2. The van der Waals surface area contributed by atoms with Crippen molar-refractivity contribution in [2.45, 2.75) is 46.6 Å². The summed E-state index contributed by atoms with van der Waals surface area (Å²) in [5.74, 6) is 2.35. The largest absolute Gasteiger partial charge is 0.466 e. The zero-order valence-electron chi connectivity index (χ0n) is 12.5. The maximum Gasteiger partial charge on any atom is 0.150 e. The molecule has 1 rings (SSSR count). The van der Waals surface area contributed by atoms with Gasteiger partial charge in [-0.05, 0) is 46.2 Å². The van der Waals surface area contributed by atoms with Gasteiger partial charge in [0.1, 0.15) is 21.4 Å². The average Bonchev–Trinajstić information content (AvgIpc) is 2.60. The molecule has 1 aromatic rings. The van der Waals surface area contributed by atoms with Gasteiger partial charge in [-0.2, -0.15) is 0 Å². The molecule has 1 N–H and O–H groups in total. The van der Waals surface area contributed by atoms with Crippen molar-refractivity contribution in [3.63, 3.8) is 0 Å². The SMILES string of the molecule is CCS(=O)(=O)CCCC(NC)c1c(C)oc(C)c1C. The Morgan fingerprint density at radius 3 is 2.26 bits per heavy atom. The fraction of sp³-hybridized carbons (Fsp3) is 0.714. The monoisotopic (exact) mass is 287 g/mol. The smallest absolute Gasteiger partial charge is 0.150 e. The van der Waals surface area contributed by atoms with E-state index in [1.54, 1.807) is 6.92 Å². The van der Waals surface area contributed by atoms with E-state index in [0.717, 1.165) is 23.5 Å². The van der Waals surface area contributed by atoms with Crippen LogP contribution in [0.4, 0.5) is 0 Å². The van der Waals surface area contributed by atoms with E-state index in [2.05, 4.69) is 5.32 Å². The molecule has 0 aromatic carbocycles. The van der Waals surface area contributed by atoms with Crippen molar-refractivity contribution in [3.05, 3.63) is 22.6 Å². The van der Waals surface area contributed by atoms with E-state index in [4.69, 9.17) is 4.42 Å². The molecule has 0 aliphatic carbocycles. The van der Waals surface area contributed by atoms with Gasteiger partial charge in [-0.1, -0.05) is 6.92 Å². The van der Waals surface area contributed by atoms with E-state index in [0.29, 0.717) is 6.42 Å². The minimum absolute atomic E-state index is 0.157. The van der Waals surface area contributed by atoms with Crippen LogP contribution in [-0.4, -0.2) is 27.0 Å². The highest BCUT2D eigenvalue weighted by atomic mass is 32.2. The van der Waals surface area contributed by atoms with Gasteiger partial charge in [-0.3, -0.25) is 0 Å². The van der Waals surface area contributed by atoms with Crippen LogP contribution in [0.25, 0.3) is 0 Å². The topological polar surface area (TPSA) is 59.3 Å². The van der Waals surface area contributed by atoms with Gasteiger partial charge in [0.05, 0.1) is 5.75 Å². The Labute approximate surface area is 116 Å². The normalized spacial score (nSPS) is 13.7. The lowest BCUT2D eigenvalue weighted by molar-refractivity contribution is 0.482. The van der Waals surface area contributed by atoms with Crippen molar-refractivity contribution in [3.8, 4) is 0 Å². The van der Waals surface area contributed by atoms with Crippen LogP contribution in [0, 0.1) is 20.8 Å². The highest BCUT2D eigenvalue weighted by Gasteiger charge is 2.20. The third-order valence-corrected chi connectivity index (χ3v) is 5.49. The quantitative estimate of drug-likeness (QED) is 0.837. The standard InChI is InChI=1S/C14H25NO3S/c1-6-19(16,17)9-7-8-13(15-5)14-10(2)11(3)18-12(14)4/h13,15H,6-9H2,1-5H3. The zero-order chi connectivity index (χ0) is 14.6. The van der Waals surface area contributed by atoms with E-state index in [1.807, 2.05) is 27.8 Å². The first-order chi connectivity index (χ1) is 8.82. The zero-order valence-corrected chi connectivity index (χ0v) is 13.4. The summed E-state index contributed by atoms with van der Waals surface area (Å²) >= 11 is 0. The predicted octanol–water partition coefficient (Wildman–Crippen LogP) is 2.68. The average molecular weight is 287 g/mol. The van der Waals surface area contributed by atoms with Crippen LogP contribution in [0.3, 0.4) is 0 Å². The second kappa shape index (κ2) is 6.57. The van der Waals surface area contributed by atoms with Gasteiger partial charge >= 0.3 is 0 Å². The van der Waals surface area contributed by atoms with Crippen LogP contribution < -0.4 is 5.32 Å². The number of sulfone groups is 1. The number of hydrogen-bond acceptors (Lipinski definition) is 4. The van der Waals surface area contributed by atoms with Crippen molar-refractivity contribution in [1.29, 1.82) is 0 Å². The van der Waals surface area contributed by atoms with Gasteiger partial charge in [0.2, 0.25) is 0 Å².